The summed E-state index contributed by atoms with van der Waals surface area (Å²) in [5.74, 6) is -1.58. The molecule has 2 saturated heterocycles. The van der Waals surface area contributed by atoms with Gasteiger partial charge in [0.2, 0.25) is 0 Å². The molecule has 0 saturated carbocycles. The molecule has 31 heavy (non-hydrogen) atoms. The Morgan fingerprint density at radius 1 is 0.968 bits per heavy atom. The minimum absolute atomic E-state index is 0.170. The first-order valence-corrected chi connectivity index (χ1v) is 12.6. The zero-order chi connectivity index (χ0) is 23.0. The van der Waals surface area contributed by atoms with Gasteiger partial charge in [-0.2, -0.15) is 0 Å². The molecule has 2 atom stereocenters. The fourth-order valence-corrected chi connectivity index (χ4v) is 7.09. The maximum absolute atomic E-state index is 13.3. The molecule has 10 heteroatoms. The fourth-order valence-electron chi connectivity index (χ4n) is 3.55. The molecule has 2 aliphatic heterocycles. The summed E-state index contributed by atoms with van der Waals surface area (Å²) in [6, 6.07) is 7.69. The average Bonchev–Trinajstić information content (AvgIpc) is 3.13. The number of carbonyl (C=O) groups excluding carboxylic acids is 3. The predicted octanol–water partition coefficient (Wildman–Crippen LogP) is 3.50. The van der Waals surface area contributed by atoms with Gasteiger partial charge in [0.25, 0.3) is 0 Å². The van der Waals surface area contributed by atoms with Crippen molar-refractivity contribution in [2.75, 3.05) is 0 Å². The van der Waals surface area contributed by atoms with Crippen LogP contribution in [0.3, 0.4) is 0 Å². The Morgan fingerprint density at radius 3 is 1.84 bits per heavy atom. The molecule has 2 N–H and O–H groups in total. The molecule has 0 aliphatic carbocycles. The number of hydrogen-bond acceptors (Lipinski definition) is 8. The van der Waals surface area contributed by atoms with Gasteiger partial charge in [0.1, 0.15) is 0 Å². The van der Waals surface area contributed by atoms with Crippen LogP contribution in [0.2, 0.25) is 0 Å². The molecule has 2 heterocycles. The van der Waals surface area contributed by atoms with E-state index in [1.807, 2.05) is 71.9 Å². The van der Waals surface area contributed by atoms with E-state index in [4.69, 9.17) is 13.6 Å². The summed E-state index contributed by atoms with van der Waals surface area (Å²) in [5.41, 5.74) is 0.910. The first kappa shape index (κ1) is 23.4. The molecule has 172 valence electrons. The summed E-state index contributed by atoms with van der Waals surface area (Å²) in [7, 11) is -4.78. The second kappa shape index (κ2) is 8.37. The Labute approximate surface area is 183 Å². The molecule has 1 aromatic rings. The van der Waals surface area contributed by atoms with E-state index < -0.39 is 37.7 Å². The SMILES string of the molecule is CC(C)C1NP2(OC(=O)N(Cc3ccccc3)C(C)C)(NC(C(C)C)C(=O)O2)OC1=O. The molecule has 2 aliphatic rings. The summed E-state index contributed by atoms with van der Waals surface area (Å²) in [6.45, 7) is 11.3. The number of nitrogens with one attached hydrogen (secondary N) is 2. The number of nitrogens with zero attached hydrogens (tertiary/aromatic N) is 1. The van der Waals surface area contributed by atoms with Crippen molar-refractivity contribution >= 4 is 25.6 Å². The third-order valence-corrected chi connectivity index (χ3v) is 8.33. The molecule has 1 amide bonds. The Morgan fingerprint density at radius 2 is 1.45 bits per heavy atom. The zero-order valence-corrected chi connectivity index (χ0v) is 19.7. The Balaban J connectivity index is 1.94. The van der Waals surface area contributed by atoms with Crippen LogP contribution in [0.5, 0.6) is 0 Å². The summed E-state index contributed by atoms with van der Waals surface area (Å²) >= 11 is 0. The van der Waals surface area contributed by atoms with Gasteiger partial charge in [-0.05, 0) is 0 Å². The van der Waals surface area contributed by atoms with Crippen LogP contribution in [0.15, 0.2) is 30.3 Å². The van der Waals surface area contributed by atoms with E-state index in [1.54, 1.807) is 0 Å². The Hall–Kier alpha value is -2.22. The van der Waals surface area contributed by atoms with Crippen molar-refractivity contribution in [3.8, 4) is 0 Å². The second-order valence-corrected chi connectivity index (χ2v) is 11.8. The van der Waals surface area contributed by atoms with Crippen LogP contribution in [0, 0.1) is 11.8 Å². The van der Waals surface area contributed by atoms with Crippen LogP contribution >= 0.6 is 7.59 Å². The molecule has 2 fully saturated rings. The van der Waals surface area contributed by atoms with Gasteiger partial charge in [0, 0.05) is 0 Å². The van der Waals surface area contributed by atoms with E-state index in [0.29, 0.717) is 0 Å². The number of rotatable bonds is 6. The van der Waals surface area contributed by atoms with Gasteiger partial charge in [-0.3, -0.25) is 0 Å². The molecular weight excluding hydrogens is 421 g/mol. The normalized spacial score (nSPS) is 25.4. The van der Waals surface area contributed by atoms with Crippen molar-refractivity contribution < 1.29 is 28.0 Å². The zero-order valence-electron chi connectivity index (χ0n) is 18.8. The molecule has 1 spiro atoms. The van der Waals surface area contributed by atoms with E-state index in [2.05, 4.69) is 10.2 Å². The summed E-state index contributed by atoms with van der Waals surface area (Å²) in [6.07, 6.45) is -0.745. The molecular formula is C21H32N3O6P. The number of hydrogen-bond donors (Lipinski definition) is 2. The number of benzene rings is 1. The van der Waals surface area contributed by atoms with Gasteiger partial charge < -0.3 is 0 Å². The van der Waals surface area contributed by atoms with E-state index in [1.165, 1.54) is 4.90 Å². The van der Waals surface area contributed by atoms with Crippen LogP contribution in [-0.4, -0.2) is 41.1 Å². The third-order valence-electron chi connectivity index (χ3n) is 5.37. The van der Waals surface area contributed by atoms with Crippen LogP contribution in [0.1, 0.15) is 47.1 Å². The van der Waals surface area contributed by atoms with E-state index >= 15 is 0 Å². The fraction of sp³-hybridized carbons (Fsp3) is 0.571. The van der Waals surface area contributed by atoms with Gasteiger partial charge in [-0.25, -0.2) is 0 Å². The van der Waals surface area contributed by atoms with Crippen LogP contribution in [-0.2, 0) is 29.7 Å². The van der Waals surface area contributed by atoms with Crippen molar-refractivity contribution in [3.63, 3.8) is 0 Å². The monoisotopic (exact) mass is 453 g/mol. The van der Waals surface area contributed by atoms with Crippen LogP contribution in [0.4, 0.5) is 4.79 Å². The van der Waals surface area contributed by atoms with Gasteiger partial charge in [-0.1, -0.05) is 0 Å². The number of carbonyl (C=O) groups is 3. The van der Waals surface area contributed by atoms with Gasteiger partial charge in [0.05, 0.1) is 0 Å². The second-order valence-electron chi connectivity index (χ2n) is 8.97. The molecule has 0 bridgehead atoms. The van der Waals surface area contributed by atoms with E-state index in [0.717, 1.165) is 5.56 Å². The average molecular weight is 453 g/mol. The molecule has 1 aromatic carbocycles. The maximum atomic E-state index is 13.3. The molecule has 0 aromatic heterocycles. The van der Waals surface area contributed by atoms with Crippen LogP contribution in [0.25, 0.3) is 0 Å². The molecule has 3 rings (SSSR count). The molecule has 9 nitrogen and oxygen atoms in total. The van der Waals surface area contributed by atoms with Crippen molar-refractivity contribution in [1.29, 1.82) is 0 Å². The van der Waals surface area contributed by atoms with E-state index in [9.17, 15) is 14.4 Å². The molecule has 0 radical (unpaired) electrons. The van der Waals surface area contributed by atoms with Gasteiger partial charge in [0.15, 0.2) is 0 Å². The standard InChI is InChI=1S/C21H32N3O6P/c1-13(2)17-19(25)28-31(22-17,23-18(14(3)4)20(26)29-31)30-21(27)24(15(5)6)12-16-10-8-7-9-11-16/h7-11,13-15,17-18,22-23H,12H2,1-6H3. The summed E-state index contributed by atoms with van der Waals surface area (Å²) in [5, 5.41) is 5.94. The summed E-state index contributed by atoms with van der Waals surface area (Å²) < 4.78 is 17.1. The quantitative estimate of drug-likeness (QED) is 0.631. The van der Waals surface area contributed by atoms with E-state index in [-0.39, 0.29) is 24.4 Å². The topological polar surface area (TPSA) is 106 Å². The first-order valence-electron chi connectivity index (χ1n) is 10.6. The van der Waals surface area contributed by atoms with Crippen molar-refractivity contribution in [3.05, 3.63) is 35.9 Å². The van der Waals surface area contributed by atoms with Gasteiger partial charge >= 0.3 is 183 Å². The third kappa shape index (κ3) is 4.54. The first-order chi connectivity index (χ1) is 14.5. The van der Waals surface area contributed by atoms with Crippen LogP contribution < -0.4 is 10.2 Å². The summed E-state index contributed by atoms with van der Waals surface area (Å²) in [4.78, 5) is 40.1. The van der Waals surface area contributed by atoms with Crippen molar-refractivity contribution in [2.45, 2.75) is 66.2 Å². The van der Waals surface area contributed by atoms with Gasteiger partial charge in [-0.15, -0.1) is 0 Å². The van der Waals surface area contributed by atoms with Crippen molar-refractivity contribution in [2.24, 2.45) is 11.8 Å². The Kier molecular flexibility index (Phi) is 6.33. The minimum atomic E-state index is -4.78. The number of amides is 1. The predicted molar refractivity (Wildman–Crippen MR) is 116 cm³/mol. The molecule has 2 unspecified atom stereocenters. The van der Waals surface area contributed by atoms with Crippen molar-refractivity contribution in [1.82, 2.24) is 15.1 Å². The Bertz CT molecular complexity index is 824.